The van der Waals surface area contributed by atoms with Gasteiger partial charge in [-0.15, -0.1) is 0 Å². The third-order valence-electron chi connectivity index (χ3n) is 2.90. The molecule has 2 rings (SSSR count). The van der Waals surface area contributed by atoms with Crippen LogP contribution in [-0.4, -0.2) is 67.3 Å². The van der Waals surface area contributed by atoms with Crippen LogP contribution in [0.15, 0.2) is 18.6 Å². The molecule has 1 aromatic heterocycles. The van der Waals surface area contributed by atoms with Crippen LogP contribution in [-0.2, 0) is 10.2 Å². The second-order valence-electron chi connectivity index (χ2n) is 4.24. The standard InChI is InChI=1S/C10H17N5O2S/c1-13(2)18(16,17)15-7-5-14(6-8-15)10-9-11-3-4-12-10/h3-4,9H,5-8H2,1-2H3. The van der Waals surface area contributed by atoms with E-state index in [4.69, 9.17) is 0 Å². The Labute approximate surface area is 107 Å². The summed E-state index contributed by atoms with van der Waals surface area (Å²) in [6, 6.07) is 0. The second kappa shape index (κ2) is 5.17. The summed E-state index contributed by atoms with van der Waals surface area (Å²) in [6.45, 7) is 2.20. The lowest BCUT2D eigenvalue weighted by atomic mass is 10.3. The molecule has 1 saturated heterocycles. The number of aromatic nitrogens is 2. The average molecular weight is 271 g/mol. The molecule has 0 amide bonds. The predicted molar refractivity (Wildman–Crippen MR) is 68.4 cm³/mol. The Bertz CT molecular complexity index is 482. The van der Waals surface area contributed by atoms with Crippen molar-refractivity contribution in [3.63, 3.8) is 0 Å². The molecule has 0 bridgehead atoms. The average Bonchev–Trinajstić information content (AvgIpc) is 2.40. The van der Waals surface area contributed by atoms with E-state index in [1.54, 1.807) is 32.7 Å². The van der Waals surface area contributed by atoms with Crippen molar-refractivity contribution in [1.82, 2.24) is 18.6 Å². The van der Waals surface area contributed by atoms with Crippen LogP contribution in [0.1, 0.15) is 0 Å². The van der Waals surface area contributed by atoms with Crippen LogP contribution in [0.4, 0.5) is 5.82 Å². The highest BCUT2D eigenvalue weighted by atomic mass is 32.2. The summed E-state index contributed by atoms with van der Waals surface area (Å²) in [5.74, 6) is 0.791. The van der Waals surface area contributed by atoms with Crippen molar-refractivity contribution in [1.29, 1.82) is 0 Å². The quantitative estimate of drug-likeness (QED) is 0.734. The largest absolute Gasteiger partial charge is 0.353 e. The summed E-state index contributed by atoms with van der Waals surface area (Å²) in [7, 11) is -0.210. The maximum absolute atomic E-state index is 11.9. The topological polar surface area (TPSA) is 69.6 Å². The van der Waals surface area contributed by atoms with Crippen molar-refractivity contribution in [3.05, 3.63) is 18.6 Å². The third kappa shape index (κ3) is 2.60. The van der Waals surface area contributed by atoms with Crippen molar-refractivity contribution < 1.29 is 8.42 Å². The summed E-state index contributed by atoms with van der Waals surface area (Å²) in [5, 5.41) is 0. The molecular formula is C10H17N5O2S. The van der Waals surface area contributed by atoms with E-state index in [0.717, 1.165) is 5.82 Å². The van der Waals surface area contributed by atoms with E-state index < -0.39 is 10.2 Å². The Balaban J connectivity index is 2.01. The van der Waals surface area contributed by atoms with Gasteiger partial charge in [-0.25, -0.2) is 4.98 Å². The fourth-order valence-corrected chi connectivity index (χ4v) is 2.92. The summed E-state index contributed by atoms with van der Waals surface area (Å²) >= 11 is 0. The molecule has 0 unspecified atom stereocenters. The highest BCUT2D eigenvalue weighted by molar-refractivity contribution is 7.86. The number of piperazine rings is 1. The van der Waals surface area contributed by atoms with Crippen molar-refractivity contribution in [2.24, 2.45) is 0 Å². The molecule has 0 radical (unpaired) electrons. The Hall–Kier alpha value is -1.25. The summed E-state index contributed by atoms with van der Waals surface area (Å²) < 4.78 is 26.6. The lowest BCUT2D eigenvalue weighted by Crippen LogP contribution is -2.51. The fourth-order valence-electron chi connectivity index (χ4n) is 1.83. The monoisotopic (exact) mass is 271 g/mol. The Morgan fingerprint density at radius 2 is 1.83 bits per heavy atom. The first-order valence-corrected chi connectivity index (χ1v) is 7.10. The van der Waals surface area contributed by atoms with Gasteiger partial charge >= 0.3 is 0 Å². The van der Waals surface area contributed by atoms with Crippen LogP contribution in [0.5, 0.6) is 0 Å². The molecular weight excluding hydrogens is 254 g/mol. The zero-order valence-corrected chi connectivity index (χ0v) is 11.3. The highest BCUT2D eigenvalue weighted by Crippen LogP contribution is 2.14. The maximum atomic E-state index is 11.9. The normalized spacial score (nSPS) is 18.3. The van der Waals surface area contributed by atoms with E-state index in [0.29, 0.717) is 26.2 Å². The van der Waals surface area contributed by atoms with Crippen molar-refractivity contribution >= 4 is 16.0 Å². The van der Waals surface area contributed by atoms with Gasteiger partial charge in [-0.2, -0.15) is 17.0 Å². The van der Waals surface area contributed by atoms with Gasteiger partial charge in [0.25, 0.3) is 10.2 Å². The highest BCUT2D eigenvalue weighted by Gasteiger charge is 2.28. The molecule has 0 atom stereocenters. The van der Waals surface area contributed by atoms with Crippen molar-refractivity contribution in [3.8, 4) is 0 Å². The number of hydrogen-bond donors (Lipinski definition) is 0. The van der Waals surface area contributed by atoms with Crippen molar-refractivity contribution in [2.45, 2.75) is 0 Å². The van der Waals surface area contributed by atoms with Gasteiger partial charge in [-0.05, 0) is 0 Å². The molecule has 1 aliphatic heterocycles. The molecule has 7 nitrogen and oxygen atoms in total. The van der Waals surface area contributed by atoms with Crippen LogP contribution in [0, 0.1) is 0 Å². The SMILES string of the molecule is CN(C)S(=O)(=O)N1CCN(c2cnccn2)CC1. The molecule has 1 aromatic rings. The summed E-state index contributed by atoms with van der Waals surface area (Å²) in [5.41, 5.74) is 0. The second-order valence-corrected chi connectivity index (χ2v) is 6.38. The van der Waals surface area contributed by atoms with Gasteiger partial charge in [-0.3, -0.25) is 4.98 Å². The van der Waals surface area contributed by atoms with Crippen LogP contribution in [0.3, 0.4) is 0 Å². The molecule has 0 N–H and O–H groups in total. The van der Waals surface area contributed by atoms with E-state index in [2.05, 4.69) is 9.97 Å². The van der Waals surface area contributed by atoms with Crippen LogP contribution < -0.4 is 4.90 Å². The van der Waals surface area contributed by atoms with Gasteiger partial charge in [-0.1, -0.05) is 0 Å². The number of hydrogen-bond acceptors (Lipinski definition) is 5. The van der Waals surface area contributed by atoms with E-state index in [1.165, 1.54) is 8.61 Å². The summed E-state index contributed by atoms with van der Waals surface area (Å²) in [6.07, 6.45) is 4.95. The third-order valence-corrected chi connectivity index (χ3v) is 4.84. The molecule has 1 aliphatic rings. The van der Waals surface area contributed by atoms with Crippen LogP contribution in [0.25, 0.3) is 0 Å². The number of anilines is 1. The molecule has 0 saturated carbocycles. The van der Waals surface area contributed by atoms with E-state index in [-0.39, 0.29) is 0 Å². The first-order chi connectivity index (χ1) is 8.51. The zero-order valence-electron chi connectivity index (χ0n) is 10.5. The minimum Gasteiger partial charge on any atom is -0.353 e. The molecule has 18 heavy (non-hydrogen) atoms. The Kier molecular flexibility index (Phi) is 3.79. The minimum atomic E-state index is -3.30. The van der Waals surface area contributed by atoms with Crippen LogP contribution >= 0.6 is 0 Å². The molecule has 2 heterocycles. The summed E-state index contributed by atoms with van der Waals surface area (Å²) in [4.78, 5) is 10.3. The van der Waals surface area contributed by atoms with E-state index in [1.807, 2.05) is 4.90 Å². The smallest absolute Gasteiger partial charge is 0.281 e. The molecule has 0 spiro atoms. The van der Waals surface area contributed by atoms with Gasteiger partial charge in [0.1, 0.15) is 5.82 Å². The fraction of sp³-hybridized carbons (Fsp3) is 0.600. The van der Waals surface area contributed by atoms with Gasteiger partial charge in [0, 0.05) is 52.7 Å². The first-order valence-electron chi connectivity index (χ1n) is 5.70. The molecule has 8 heteroatoms. The lowest BCUT2D eigenvalue weighted by molar-refractivity contribution is 0.355. The van der Waals surface area contributed by atoms with Crippen LogP contribution in [0.2, 0.25) is 0 Å². The number of rotatable bonds is 3. The Morgan fingerprint density at radius 3 is 2.33 bits per heavy atom. The van der Waals surface area contributed by atoms with Crippen molar-refractivity contribution in [2.75, 3.05) is 45.2 Å². The maximum Gasteiger partial charge on any atom is 0.281 e. The zero-order chi connectivity index (χ0) is 13.2. The van der Waals surface area contributed by atoms with E-state index >= 15 is 0 Å². The van der Waals surface area contributed by atoms with Gasteiger partial charge in [0.15, 0.2) is 0 Å². The molecule has 0 aromatic carbocycles. The molecule has 0 aliphatic carbocycles. The van der Waals surface area contributed by atoms with E-state index in [9.17, 15) is 8.42 Å². The molecule has 1 fully saturated rings. The van der Waals surface area contributed by atoms with Gasteiger partial charge in [0.05, 0.1) is 6.20 Å². The number of nitrogens with zero attached hydrogens (tertiary/aromatic N) is 5. The molecule has 100 valence electrons. The van der Waals surface area contributed by atoms with Gasteiger partial charge < -0.3 is 4.90 Å². The predicted octanol–water partition coefficient (Wildman–Crippen LogP) is -0.595. The minimum absolute atomic E-state index is 0.469. The van der Waals surface area contributed by atoms with Gasteiger partial charge in [0.2, 0.25) is 0 Å². The lowest BCUT2D eigenvalue weighted by Gasteiger charge is -2.35. The Morgan fingerprint density at radius 1 is 1.17 bits per heavy atom. The first kappa shape index (κ1) is 13.2.